The maximum atomic E-state index is 5.96. The minimum absolute atomic E-state index is 0.357. The number of hydrogen-bond acceptors (Lipinski definition) is 3. The van der Waals surface area contributed by atoms with Crippen molar-refractivity contribution in [1.29, 1.82) is 0 Å². The van der Waals surface area contributed by atoms with E-state index in [1.54, 1.807) is 6.26 Å². The summed E-state index contributed by atoms with van der Waals surface area (Å²) in [6.45, 7) is 3.73. The number of likely N-dealkylation sites (N-methyl/N-ethyl adjacent to an activating group) is 1. The molecule has 1 aromatic heterocycles. The molecule has 0 saturated carbocycles. The first-order chi connectivity index (χ1) is 9.70. The Balaban J connectivity index is 1.94. The van der Waals surface area contributed by atoms with E-state index in [1.807, 2.05) is 12.1 Å². The van der Waals surface area contributed by atoms with Crippen molar-refractivity contribution in [2.45, 2.75) is 31.8 Å². The van der Waals surface area contributed by atoms with Crippen LogP contribution >= 0.6 is 0 Å². The minimum Gasteiger partial charge on any atom is -0.468 e. The zero-order valence-corrected chi connectivity index (χ0v) is 12.3. The van der Waals surface area contributed by atoms with Gasteiger partial charge >= 0.3 is 0 Å². The lowest BCUT2D eigenvalue weighted by Crippen LogP contribution is -2.38. The molecule has 0 bridgehead atoms. The van der Waals surface area contributed by atoms with Gasteiger partial charge in [0.25, 0.3) is 0 Å². The molecular formula is C17H24N2O. The van der Waals surface area contributed by atoms with Crippen LogP contribution in [0.2, 0.25) is 0 Å². The van der Waals surface area contributed by atoms with Gasteiger partial charge in [0.05, 0.1) is 12.8 Å². The molecular weight excluding hydrogens is 248 g/mol. The minimum atomic E-state index is 0.357. The topological polar surface area (TPSA) is 42.4 Å². The van der Waals surface area contributed by atoms with Gasteiger partial charge in [-0.1, -0.05) is 37.3 Å². The number of nitrogens with zero attached hydrogens (tertiary/aromatic N) is 1. The van der Waals surface area contributed by atoms with E-state index in [2.05, 4.69) is 49.2 Å². The molecule has 0 fully saturated rings. The van der Waals surface area contributed by atoms with Crippen LogP contribution in [0.15, 0.2) is 53.1 Å². The smallest absolute Gasteiger partial charge is 0.117 e. The van der Waals surface area contributed by atoms with Crippen LogP contribution in [0.5, 0.6) is 0 Å². The second-order valence-electron chi connectivity index (χ2n) is 5.43. The van der Waals surface area contributed by atoms with Crippen LogP contribution in [0.3, 0.4) is 0 Å². The number of rotatable bonds is 7. The average Bonchev–Trinajstić information content (AvgIpc) is 2.98. The van der Waals surface area contributed by atoms with Crippen LogP contribution in [-0.4, -0.2) is 24.5 Å². The highest BCUT2D eigenvalue weighted by atomic mass is 16.3. The Labute approximate surface area is 121 Å². The zero-order valence-electron chi connectivity index (χ0n) is 12.3. The molecule has 1 heterocycles. The molecule has 0 amide bonds. The van der Waals surface area contributed by atoms with E-state index >= 15 is 0 Å². The van der Waals surface area contributed by atoms with Crippen LogP contribution in [0.25, 0.3) is 0 Å². The van der Waals surface area contributed by atoms with Gasteiger partial charge in [-0.25, -0.2) is 0 Å². The molecule has 2 atom stereocenters. The van der Waals surface area contributed by atoms with Crippen molar-refractivity contribution in [3.63, 3.8) is 0 Å². The molecule has 0 radical (unpaired) electrons. The second kappa shape index (κ2) is 7.27. The van der Waals surface area contributed by atoms with Gasteiger partial charge in [0.2, 0.25) is 0 Å². The Bertz CT molecular complexity index is 481. The average molecular weight is 272 g/mol. The summed E-state index contributed by atoms with van der Waals surface area (Å²) < 4.78 is 5.41. The summed E-state index contributed by atoms with van der Waals surface area (Å²) in [6, 6.07) is 14.9. The van der Waals surface area contributed by atoms with Crippen molar-refractivity contribution in [1.82, 2.24) is 4.90 Å². The number of benzene rings is 1. The molecule has 3 nitrogen and oxygen atoms in total. The Kier molecular flexibility index (Phi) is 5.39. The van der Waals surface area contributed by atoms with Crippen molar-refractivity contribution in [3.05, 3.63) is 60.1 Å². The fourth-order valence-corrected chi connectivity index (χ4v) is 2.56. The van der Waals surface area contributed by atoms with Crippen LogP contribution in [-0.2, 0) is 6.54 Å². The van der Waals surface area contributed by atoms with Gasteiger partial charge in [-0.05, 0) is 37.1 Å². The number of hydrogen-bond donors (Lipinski definition) is 1. The lowest BCUT2D eigenvalue weighted by molar-refractivity contribution is 0.204. The van der Waals surface area contributed by atoms with Crippen molar-refractivity contribution in [2.75, 3.05) is 13.6 Å². The zero-order chi connectivity index (χ0) is 14.4. The molecule has 1 aromatic carbocycles. The Morgan fingerprint density at radius 1 is 1.15 bits per heavy atom. The normalized spacial score (nSPS) is 14.4. The highest BCUT2D eigenvalue weighted by Crippen LogP contribution is 2.22. The van der Waals surface area contributed by atoms with Crippen LogP contribution in [0.4, 0.5) is 0 Å². The van der Waals surface area contributed by atoms with Gasteiger partial charge in [-0.2, -0.15) is 0 Å². The number of furan rings is 1. The summed E-state index contributed by atoms with van der Waals surface area (Å²) in [5.41, 5.74) is 7.33. The van der Waals surface area contributed by atoms with Crippen molar-refractivity contribution >= 4 is 0 Å². The van der Waals surface area contributed by atoms with Gasteiger partial charge in [-0.3, -0.25) is 4.90 Å². The highest BCUT2D eigenvalue weighted by molar-refractivity contribution is 5.19. The van der Waals surface area contributed by atoms with Gasteiger partial charge < -0.3 is 10.2 Å². The standard InChI is InChI=1S/C17H24N2O/c1-14(15-7-4-3-5-8-15)11-16(12-18)19(2)13-17-9-6-10-20-17/h3-10,14,16H,11-13,18H2,1-2H3. The third kappa shape index (κ3) is 3.95. The molecule has 0 aliphatic rings. The quantitative estimate of drug-likeness (QED) is 0.841. The maximum Gasteiger partial charge on any atom is 0.117 e. The monoisotopic (exact) mass is 272 g/mol. The predicted molar refractivity (Wildman–Crippen MR) is 82.5 cm³/mol. The molecule has 2 N–H and O–H groups in total. The summed E-state index contributed by atoms with van der Waals surface area (Å²) in [4.78, 5) is 2.28. The van der Waals surface area contributed by atoms with E-state index < -0.39 is 0 Å². The molecule has 2 unspecified atom stereocenters. The Morgan fingerprint density at radius 2 is 1.90 bits per heavy atom. The van der Waals surface area contributed by atoms with E-state index in [-0.39, 0.29) is 0 Å². The molecule has 0 aliphatic carbocycles. The molecule has 0 aliphatic heterocycles. The molecule has 0 saturated heterocycles. The van der Waals surface area contributed by atoms with Gasteiger partial charge in [0, 0.05) is 12.6 Å². The summed E-state index contributed by atoms with van der Waals surface area (Å²) in [5.74, 6) is 1.49. The van der Waals surface area contributed by atoms with E-state index in [0.29, 0.717) is 18.5 Å². The van der Waals surface area contributed by atoms with E-state index in [9.17, 15) is 0 Å². The molecule has 2 aromatic rings. The maximum absolute atomic E-state index is 5.96. The first-order valence-electron chi connectivity index (χ1n) is 7.18. The third-order valence-corrected chi connectivity index (χ3v) is 3.87. The van der Waals surface area contributed by atoms with Crippen LogP contribution < -0.4 is 5.73 Å². The molecule has 20 heavy (non-hydrogen) atoms. The van der Waals surface area contributed by atoms with Crippen molar-refractivity contribution in [2.24, 2.45) is 5.73 Å². The van der Waals surface area contributed by atoms with Crippen molar-refractivity contribution < 1.29 is 4.42 Å². The first kappa shape index (κ1) is 14.8. The van der Waals surface area contributed by atoms with Gasteiger partial charge in [-0.15, -0.1) is 0 Å². The van der Waals surface area contributed by atoms with Crippen LogP contribution in [0, 0.1) is 0 Å². The number of nitrogens with two attached hydrogens (primary N) is 1. The van der Waals surface area contributed by atoms with Crippen molar-refractivity contribution in [3.8, 4) is 0 Å². The Morgan fingerprint density at radius 3 is 2.50 bits per heavy atom. The second-order valence-corrected chi connectivity index (χ2v) is 5.43. The van der Waals surface area contributed by atoms with Crippen LogP contribution in [0.1, 0.15) is 30.6 Å². The molecule has 0 spiro atoms. The summed E-state index contributed by atoms with van der Waals surface area (Å²) >= 11 is 0. The lowest BCUT2D eigenvalue weighted by Gasteiger charge is -2.28. The lowest BCUT2D eigenvalue weighted by atomic mass is 9.93. The molecule has 3 heteroatoms. The fraction of sp³-hybridized carbons (Fsp3) is 0.412. The van der Waals surface area contributed by atoms with Gasteiger partial charge in [0.15, 0.2) is 0 Å². The fourth-order valence-electron chi connectivity index (χ4n) is 2.56. The largest absolute Gasteiger partial charge is 0.468 e. The van der Waals surface area contributed by atoms with Gasteiger partial charge in [0.1, 0.15) is 5.76 Å². The highest BCUT2D eigenvalue weighted by Gasteiger charge is 2.18. The predicted octanol–water partition coefficient (Wildman–Crippen LogP) is 3.23. The summed E-state index contributed by atoms with van der Waals surface area (Å²) in [7, 11) is 2.11. The third-order valence-electron chi connectivity index (χ3n) is 3.87. The summed E-state index contributed by atoms with van der Waals surface area (Å²) in [5, 5.41) is 0. The molecule has 2 rings (SSSR count). The van der Waals surface area contributed by atoms with E-state index in [0.717, 1.165) is 18.7 Å². The van der Waals surface area contributed by atoms with E-state index in [4.69, 9.17) is 10.2 Å². The van der Waals surface area contributed by atoms with E-state index in [1.165, 1.54) is 5.56 Å². The molecule has 108 valence electrons. The summed E-state index contributed by atoms with van der Waals surface area (Å²) in [6.07, 6.45) is 2.77. The Hall–Kier alpha value is -1.58. The first-order valence-corrected chi connectivity index (χ1v) is 7.18. The SMILES string of the molecule is CC(CC(CN)N(C)Cc1ccco1)c1ccccc1.